The Hall–Kier alpha value is -2.19. The van der Waals surface area contributed by atoms with Crippen molar-refractivity contribution < 1.29 is 12.8 Å². The number of nitrogens with zero attached hydrogens (tertiary/aromatic N) is 1. The molecule has 0 radical (unpaired) electrons. The average molecular weight is 476 g/mol. The van der Waals surface area contributed by atoms with Crippen molar-refractivity contribution in [3.8, 4) is 21.7 Å². The van der Waals surface area contributed by atoms with Crippen LogP contribution in [0.2, 0.25) is 5.02 Å². The Kier molecular flexibility index (Phi) is 5.97. The summed E-state index contributed by atoms with van der Waals surface area (Å²) in [4.78, 5) is 6.88. The van der Waals surface area contributed by atoms with Crippen LogP contribution in [0.4, 0.5) is 4.39 Å². The van der Waals surface area contributed by atoms with Gasteiger partial charge in [-0.25, -0.2) is 17.8 Å². The van der Waals surface area contributed by atoms with Gasteiger partial charge in [0.1, 0.15) is 5.82 Å². The fourth-order valence-corrected chi connectivity index (χ4v) is 5.92. The minimum absolute atomic E-state index is 0.248. The first kappa shape index (κ1) is 21.1. The number of hydrogen-bond donors (Lipinski definition) is 0. The van der Waals surface area contributed by atoms with E-state index in [2.05, 4.69) is 0 Å². The fraction of sp³-hybridized carbons (Fsp3) is 0.0455. The molecule has 3 aromatic carbocycles. The standard InChI is InChI=1S/C22H15ClFNO2S3/c1-30(26,27)19-11-7-14(8-12-19)20-21(15-5-9-17(24)10-6-15)29-22(25-20)28-18-4-2-3-16(23)13-18/h2-13H,1H3. The molecular weight excluding hydrogens is 461 g/mol. The fourth-order valence-electron chi connectivity index (χ4n) is 2.83. The predicted molar refractivity (Wildman–Crippen MR) is 122 cm³/mol. The van der Waals surface area contributed by atoms with Crippen LogP contribution in [0.3, 0.4) is 0 Å². The van der Waals surface area contributed by atoms with E-state index in [4.69, 9.17) is 16.6 Å². The Morgan fingerprint density at radius 3 is 2.27 bits per heavy atom. The third-order valence-corrected chi connectivity index (χ3v) is 7.79. The van der Waals surface area contributed by atoms with Gasteiger partial charge < -0.3 is 0 Å². The summed E-state index contributed by atoms with van der Waals surface area (Å²) in [5, 5.41) is 0.645. The summed E-state index contributed by atoms with van der Waals surface area (Å²) < 4.78 is 37.8. The van der Waals surface area contributed by atoms with E-state index in [9.17, 15) is 12.8 Å². The van der Waals surface area contributed by atoms with Gasteiger partial charge >= 0.3 is 0 Å². The van der Waals surface area contributed by atoms with Crippen molar-refractivity contribution in [2.24, 2.45) is 0 Å². The molecule has 152 valence electrons. The van der Waals surface area contributed by atoms with Gasteiger partial charge in [-0.1, -0.05) is 53.7 Å². The summed E-state index contributed by atoms with van der Waals surface area (Å²) in [7, 11) is -3.28. The summed E-state index contributed by atoms with van der Waals surface area (Å²) in [6.45, 7) is 0. The maximum atomic E-state index is 13.4. The number of hydrogen-bond acceptors (Lipinski definition) is 5. The Balaban J connectivity index is 1.79. The van der Waals surface area contributed by atoms with Gasteiger partial charge in [-0.05, 0) is 48.0 Å². The van der Waals surface area contributed by atoms with Crippen LogP contribution in [-0.2, 0) is 9.84 Å². The number of sulfone groups is 1. The number of thiazole rings is 1. The topological polar surface area (TPSA) is 47.0 Å². The largest absolute Gasteiger partial charge is 0.229 e. The van der Waals surface area contributed by atoms with Crippen LogP contribution in [0.5, 0.6) is 0 Å². The summed E-state index contributed by atoms with van der Waals surface area (Å²) >= 11 is 9.07. The second-order valence-electron chi connectivity index (χ2n) is 6.52. The monoisotopic (exact) mass is 475 g/mol. The minimum atomic E-state index is -3.28. The van der Waals surface area contributed by atoms with E-state index in [1.54, 1.807) is 36.4 Å². The first-order valence-electron chi connectivity index (χ1n) is 8.80. The highest BCUT2D eigenvalue weighted by molar-refractivity contribution is 8.01. The lowest BCUT2D eigenvalue weighted by atomic mass is 10.1. The zero-order chi connectivity index (χ0) is 21.3. The summed E-state index contributed by atoms with van der Waals surface area (Å²) in [5.74, 6) is -0.309. The molecule has 0 spiro atoms. The molecule has 0 N–H and O–H groups in total. The maximum absolute atomic E-state index is 13.4. The molecule has 0 atom stereocenters. The SMILES string of the molecule is CS(=O)(=O)c1ccc(-c2nc(Sc3cccc(Cl)c3)sc2-c2ccc(F)cc2)cc1. The van der Waals surface area contributed by atoms with Crippen LogP contribution >= 0.6 is 34.7 Å². The molecule has 0 aliphatic carbocycles. The van der Waals surface area contributed by atoms with Crippen LogP contribution < -0.4 is 0 Å². The Morgan fingerprint density at radius 1 is 0.967 bits per heavy atom. The van der Waals surface area contributed by atoms with Gasteiger partial charge in [0.05, 0.1) is 15.5 Å². The normalized spacial score (nSPS) is 11.6. The van der Waals surface area contributed by atoms with E-state index in [1.165, 1.54) is 41.5 Å². The lowest BCUT2D eigenvalue weighted by Crippen LogP contribution is -1.96. The van der Waals surface area contributed by atoms with E-state index in [0.29, 0.717) is 5.02 Å². The van der Waals surface area contributed by atoms with Crippen LogP contribution in [0.1, 0.15) is 0 Å². The smallest absolute Gasteiger partial charge is 0.175 e. The molecule has 0 fully saturated rings. The third kappa shape index (κ3) is 4.75. The molecule has 8 heteroatoms. The van der Waals surface area contributed by atoms with E-state index in [0.717, 1.165) is 30.9 Å². The Labute approximate surface area is 187 Å². The van der Waals surface area contributed by atoms with E-state index >= 15 is 0 Å². The second kappa shape index (κ2) is 8.51. The van der Waals surface area contributed by atoms with E-state index in [1.807, 2.05) is 24.3 Å². The molecule has 0 aliphatic heterocycles. The molecule has 3 nitrogen and oxygen atoms in total. The van der Waals surface area contributed by atoms with Crippen molar-refractivity contribution in [2.75, 3.05) is 6.26 Å². The van der Waals surface area contributed by atoms with E-state index < -0.39 is 9.84 Å². The quantitative estimate of drug-likeness (QED) is 0.317. The minimum Gasteiger partial charge on any atom is -0.229 e. The van der Waals surface area contributed by atoms with Crippen LogP contribution in [0.25, 0.3) is 21.7 Å². The zero-order valence-electron chi connectivity index (χ0n) is 15.7. The molecule has 1 heterocycles. The first-order chi connectivity index (χ1) is 14.3. The predicted octanol–water partition coefficient (Wildman–Crippen LogP) is 6.82. The summed E-state index contributed by atoms with van der Waals surface area (Å²) in [6, 6.07) is 20.4. The molecule has 0 saturated heterocycles. The summed E-state index contributed by atoms with van der Waals surface area (Å²) in [5.41, 5.74) is 2.35. The number of rotatable bonds is 5. The van der Waals surface area contributed by atoms with Gasteiger partial charge in [-0.3, -0.25) is 0 Å². The highest BCUT2D eigenvalue weighted by Crippen LogP contribution is 2.42. The lowest BCUT2D eigenvalue weighted by Gasteiger charge is -2.04. The lowest BCUT2D eigenvalue weighted by molar-refractivity contribution is 0.602. The third-order valence-electron chi connectivity index (χ3n) is 4.27. The number of halogens is 2. The van der Waals surface area contributed by atoms with Gasteiger partial charge in [0.2, 0.25) is 0 Å². The van der Waals surface area contributed by atoms with Gasteiger partial charge in [0, 0.05) is 21.7 Å². The maximum Gasteiger partial charge on any atom is 0.175 e. The molecule has 0 saturated carbocycles. The molecule has 4 aromatic rings. The molecule has 1 aromatic heterocycles. The van der Waals surface area contributed by atoms with Gasteiger partial charge in [0.15, 0.2) is 14.2 Å². The molecule has 0 aliphatic rings. The van der Waals surface area contributed by atoms with Crippen LogP contribution in [0.15, 0.2) is 86.9 Å². The summed E-state index contributed by atoms with van der Waals surface area (Å²) in [6.07, 6.45) is 1.18. The van der Waals surface area contributed by atoms with Crippen molar-refractivity contribution in [3.05, 3.63) is 83.6 Å². The van der Waals surface area contributed by atoms with Crippen molar-refractivity contribution in [2.45, 2.75) is 14.1 Å². The average Bonchev–Trinajstić information content (AvgIpc) is 3.12. The van der Waals surface area contributed by atoms with E-state index in [-0.39, 0.29) is 10.7 Å². The first-order valence-corrected chi connectivity index (χ1v) is 12.7. The Morgan fingerprint density at radius 2 is 1.63 bits per heavy atom. The van der Waals surface area contributed by atoms with Crippen molar-refractivity contribution in [1.29, 1.82) is 0 Å². The highest BCUT2D eigenvalue weighted by atomic mass is 35.5. The van der Waals surface area contributed by atoms with Gasteiger partial charge in [-0.15, -0.1) is 11.3 Å². The molecule has 0 bridgehead atoms. The van der Waals surface area contributed by atoms with Crippen molar-refractivity contribution in [3.63, 3.8) is 0 Å². The zero-order valence-corrected chi connectivity index (χ0v) is 18.9. The molecule has 4 rings (SSSR count). The molecule has 0 unspecified atom stereocenters. The van der Waals surface area contributed by atoms with Crippen LogP contribution in [0, 0.1) is 5.82 Å². The molecule has 30 heavy (non-hydrogen) atoms. The highest BCUT2D eigenvalue weighted by Gasteiger charge is 2.17. The molecular formula is C22H15ClFNO2S3. The van der Waals surface area contributed by atoms with Crippen LogP contribution in [-0.4, -0.2) is 19.7 Å². The number of aromatic nitrogens is 1. The van der Waals surface area contributed by atoms with Crippen molar-refractivity contribution >= 4 is 44.5 Å². The van der Waals surface area contributed by atoms with Gasteiger partial charge in [0.25, 0.3) is 0 Å². The Bertz CT molecular complexity index is 1300. The number of benzene rings is 3. The molecule has 0 amide bonds. The second-order valence-corrected chi connectivity index (χ2v) is 11.3. The van der Waals surface area contributed by atoms with Crippen molar-refractivity contribution in [1.82, 2.24) is 4.98 Å². The van der Waals surface area contributed by atoms with Gasteiger partial charge in [-0.2, -0.15) is 0 Å².